The van der Waals surface area contributed by atoms with Crippen molar-refractivity contribution in [2.45, 2.75) is 51.6 Å². The number of benzene rings is 1. The Morgan fingerprint density at radius 1 is 0.964 bits per heavy atom. The molecule has 2 rings (SSSR count). The summed E-state index contributed by atoms with van der Waals surface area (Å²) in [4.78, 5) is 35.7. The number of amides is 2. The molecule has 0 radical (unpaired) electrons. The average molecular weight is 389 g/mol. The predicted octanol–water partition coefficient (Wildman–Crippen LogP) is 1.50. The Kier molecular flexibility index (Phi) is 7.86. The van der Waals surface area contributed by atoms with Gasteiger partial charge in [0.05, 0.1) is 0 Å². The number of hydrogen-bond acceptors (Lipinski definition) is 5. The zero-order chi connectivity index (χ0) is 20.5. The van der Waals surface area contributed by atoms with E-state index in [1.54, 1.807) is 0 Å². The van der Waals surface area contributed by atoms with E-state index in [2.05, 4.69) is 16.0 Å². The van der Waals surface area contributed by atoms with Gasteiger partial charge in [0.2, 0.25) is 5.88 Å². The third kappa shape index (κ3) is 6.61. The third-order valence-electron chi connectivity index (χ3n) is 4.61. The van der Waals surface area contributed by atoms with Gasteiger partial charge in [0.25, 0.3) is 11.8 Å². The molecule has 1 aromatic carbocycles. The van der Waals surface area contributed by atoms with E-state index in [0.29, 0.717) is 0 Å². The summed E-state index contributed by atoms with van der Waals surface area (Å²) in [6.45, 7) is 1.51. The molecule has 1 aromatic rings. The van der Waals surface area contributed by atoms with Crippen LogP contribution < -0.4 is 16.0 Å². The summed E-state index contributed by atoms with van der Waals surface area (Å²) >= 11 is 0. The second-order valence-corrected chi connectivity index (χ2v) is 6.95. The number of carbonyl (C=O) groups is 3. The first kappa shape index (κ1) is 21.3. The highest BCUT2D eigenvalue weighted by atomic mass is 16.4. The molecule has 0 heterocycles. The van der Waals surface area contributed by atoms with Crippen LogP contribution in [0.1, 0.15) is 43.2 Å². The van der Waals surface area contributed by atoms with Crippen molar-refractivity contribution in [2.75, 3.05) is 6.54 Å². The van der Waals surface area contributed by atoms with E-state index in [1.165, 1.54) is 0 Å². The summed E-state index contributed by atoms with van der Waals surface area (Å²) < 4.78 is 0. The quantitative estimate of drug-likeness (QED) is 0.198. The van der Waals surface area contributed by atoms with Gasteiger partial charge in [0.15, 0.2) is 5.57 Å². The van der Waals surface area contributed by atoms with Gasteiger partial charge in [-0.05, 0) is 25.3 Å². The van der Waals surface area contributed by atoms with Gasteiger partial charge < -0.3 is 26.2 Å². The first-order valence-electron chi connectivity index (χ1n) is 9.40. The molecule has 8 nitrogen and oxygen atoms in total. The van der Waals surface area contributed by atoms with Gasteiger partial charge in [-0.15, -0.1) is 0 Å². The summed E-state index contributed by atoms with van der Waals surface area (Å²) in [6, 6.07) is 7.49. The fourth-order valence-electron chi connectivity index (χ4n) is 3.05. The number of nitrogens with one attached hydrogen (secondary N) is 3. The van der Waals surface area contributed by atoms with Gasteiger partial charge in [0.1, 0.15) is 6.54 Å². The predicted molar refractivity (Wildman–Crippen MR) is 103 cm³/mol. The molecule has 0 saturated heterocycles. The van der Waals surface area contributed by atoms with E-state index < -0.39 is 35.8 Å². The van der Waals surface area contributed by atoms with E-state index in [-0.39, 0.29) is 12.6 Å². The standard InChI is InChI=1S/C20H27N3O5/c1-13-7-9-14(10-8-13)11-21-18(26)17(19(27)22-12-16(24)25)20(28)23-15-5-3-2-4-6-15/h7-10,15,21,26H,2-6,11-12H2,1H3,(H,22,27)(H,23,28)(H,24,25). The van der Waals surface area contributed by atoms with Crippen LogP contribution in [-0.2, 0) is 20.9 Å². The Morgan fingerprint density at radius 3 is 2.21 bits per heavy atom. The number of carboxylic acid groups (broad SMARTS) is 1. The fraction of sp³-hybridized carbons (Fsp3) is 0.450. The van der Waals surface area contributed by atoms with E-state index in [9.17, 15) is 19.5 Å². The minimum absolute atomic E-state index is 0.0616. The van der Waals surface area contributed by atoms with E-state index in [0.717, 1.165) is 43.2 Å². The van der Waals surface area contributed by atoms with Gasteiger partial charge in [0, 0.05) is 12.6 Å². The summed E-state index contributed by atoms with van der Waals surface area (Å²) in [5.74, 6) is -3.49. The molecule has 0 spiro atoms. The highest BCUT2D eigenvalue weighted by Gasteiger charge is 2.26. The molecule has 0 unspecified atom stereocenters. The van der Waals surface area contributed by atoms with Crippen molar-refractivity contribution in [1.29, 1.82) is 0 Å². The molecule has 1 fully saturated rings. The van der Waals surface area contributed by atoms with Crippen LogP contribution in [0.5, 0.6) is 0 Å². The van der Waals surface area contributed by atoms with Gasteiger partial charge in [-0.25, -0.2) is 0 Å². The zero-order valence-electron chi connectivity index (χ0n) is 16.0. The molecule has 1 aliphatic rings. The molecule has 28 heavy (non-hydrogen) atoms. The van der Waals surface area contributed by atoms with Crippen molar-refractivity contribution >= 4 is 17.8 Å². The topological polar surface area (TPSA) is 128 Å². The lowest BCUT2D eigenvalue weighted by atomic mass is 9.95. The van der Waals surface area contributed by atoms with Gasteiger partial charge in [-0.3, -0.25) is 14.4 Å². The summed E-state index contributed by atoms with van der Waals surface area (Å²) in [6.07, 6.45) is 4.72. The largest absolute Gasteiger partial charge is 0.494 e. The summed E-state index contributed by atoms with van der Waals surface area (Å²) in [7, 11) is 0. The normalized spacial score (nSPS) is 15.3. The van der Waals surface area contributed by atoms with Crippen molar-refractivity contribution in [3.05, 3.63) is 46.8 Å². The van der Waals surface area contributed by atoms with Crippen LogP contribution in [0.15, 0.2) is 35.7 Å². The fourth-order valence-corrected chi connectivity index (χ4v) is 3.05. The van der Waals surface area contributed by atoms with Gasteiger partial charge in [-0.1, -0.05) is 49.1 Å². The SMILES string of the molecule is Cc1ccc(CNC(O)=C(C(=O)NCC(=O)O)C(=O)NC2CCCCC2)cc1. The van der Waals surface area contributed by atoms with E-state index >= 15 is 0 Å². The molecule has 0 aliphatic heterocycles. The summed E-state index contributed by atoms with van der Waals surface area (Å²) in [5, 5.41) is 26.7. The number of carbonyl (C=O) groups excluding carboxylic acids is 2. The van der Waals surface area contributed by atoms with Crippen molar-refractivity contribution < 1.29 is 24.6 Å². The second kappa shape index (κ2) is 10.3. The smallest absolute Gasteiger partial charge is 0.322 e. The lowest BCUT2D eigenvalue weighted by Crippen LogP contribution is -2.43. The molecule has 1 saturated carbocycles. The van der Waals surface area contributed by atoms with Crippen molar-refractivity contribution in [1.82, 2.24) is 16.0 Å². The number of hydrogen-bond donors (Lipinski definition) is 5. The molecule has 152 valence electrons. The number of carboxylic acids is 1. The maximum atomic E-state index is 12.6. The van der Waals surface area contributed by atoms with Crippen molar-refractivity contribution in [3.8, 4) is 0 Å². The molecule has 1 aliphatic carbocycles. The van der Waals surface area contributed by atoms with Crippen molar-refractivity contribution in [2.24, 2.45) is 0 Å². The lowest BCUT2D eigenvalue weighted by Gasteiger charge is -2.23. The van der Waals surface area contributed by atoms with Crippen LogP contribution in [0.2, 0.25) is 0 Å². The molecular formula is C20H27N3O5. The van der Waals surface area contributed by atoms with E-state index in [1.807, 2.05) is 31.2 Å². The minimum atomic E-state index is -1.24. The summed E-state index contributed by atoms with van der Waals surface area (Å²) in [5.41, 5.74) is 1.43. The molecule has 0 aromatic heterocycles. The lowest BCUT2D eigenvalue weighted by molar-refractivity contribution is -0.138. The monoisotopic (exact) mass is 389 g/mol. The molecule has 8 heteroatoms. The van der Waals surface area contributed by atoms with Crippen LogP contribution in [0.3, 0.4) is 0 Å². The molecular weight excluding hydrogens is 362 g/mol. The third-order valence-corrected chi connectivity index (χ3v) is 4.61. The van der Waals surface area contributed by atoms with Crippen LogP contribution in [0.25, 0.3) is 0 Å². The number of aliphatic hydroxyl groups excluding tert-OH is 1. The van der Waals surface area contributed by atoms with Gasteiger partial charge in [-0.2, -0.15) is 0 Å². The van der Waals surface area contributed by atoms with Gasteiger partial charge >= 0.3 is 5.97 Å². The van der Waals surface area contributed by atoms with Crippen molar-refractivity contribution in [3.63, 3.8) is 0 Å². The number of aryl methyl sites for hydroxylation is 1. The average Bonchev–Trinajstić information content (AvgIpc) is 2.67. The molecule has 0 atom stereocenters. The second-order valence-electron chi connectivity index (χ2n) is 6.95. The molecule has 0 bridgehead atoms. The van der Waals surface area contributed by atoms with Crippen LogP contribution in [0, 0.1) is 6.92 Å². The Labute approximate surface area is 164 Å². The highest BCUT2D eigenvalue weighted by molar-refractivity contribution is 6.19. The zero-order valence-corrected chi connectivity index (χ0v) is 16.0. The first-order valence-corrected chi connectivity index (χ1v) is 9.40. The number of aliphatic hydroxyl groups is 1. The molecule has 2 amide bonds. The Balaban J connectivity index is 2.12. The first-order chi connectivity index (χ1) is 13.4. The van der Waals surface area contributed by atoms with E-state index in [4.69, 9.17) is 5.11 Å². The number of aliphatic carboxylic acids is 1. The maximum absolute atomic E-state index is 12.6. The minimum Gasteiger partial charge on any atom is -0.494 e. The Morgan fingerprint density at radius 2 is 1.61 bits per heavy atom. The van der Waals surface area contributed by atoms with Crippen LogP contribution in [-0.4, -0.2) is 40.6 Å². The number of rotatable bonds is 8. The Hall–Kier alpha value is -3.03. The highest BCUT2D eigenvalue weighted by Crippen LogP contribution is 2.18. The van der Waals surface area contributed by atoms with Crippen LogP contribution >= 0.6 is 0 Å². The molecule has 5 N–H and O–H groups in total. The maximum Gasteiger partial charge on any atom is 0.322 e. The van der Waals surface area contributed by atoms with Crippen LogP contribution in [0.4, 0.5) is 0 Å². The Bertz CT molecular complexity index is 737.